The Morgan fingerprint density at radius 3 is 2.36 bits per heavy atom. The quantitative estimate of drug-likeness (QED) is 0.662. The zero-order valence-corrected chi connectivity index (χ0v) is 18.8. The SMILES string of the molecule is O=C(CN1CCN(CC(=O)N(Cc2ccco2)C2=CCCCC2)CC1)Nc1ccc(F)cc1. The monoisotopic (exact) mass is 454 g/mol. The summed E-state index contributed by atoms with van der Waals surface area (Å²) in [5.74, 6) is 0.412. The van der Waals surface area contributed by atoms with Crippen molar-refractivity contribution < 1.29 is 18.4 Å². The van der Waals surface area contributed by atoms with Gasteiger partial charge in [0.25, 0.3) is 0 Å². The molecule has 2 heterocycles. The first-order chi connectivity index (χ1) is 16.1. The zero-order chi connectivity index (χ0) is 23.0. The van der Waals surface area contributed by atoms with E-state index >= 15 is 0 Å². The Morgan fingerprint density at radius 1 is 1.00 bits per heavy atom. The molecule has 0 spiro atoms. The Morgan fingerprint density at radius 2 is 1.73 bits per heavy atom. The molecule has 2 amide bonds. The van der Waals surface area contributed by atoms with Crippen molar-refractivity contribution in [2.24, 2.45) is 0 Å². The number of carbonyl (C=O) groups excluding carboxylic acids is 2. The van der Waals surface area contributed by atoms with Crippen LogP contribution in [-0.4, -0.2) is 65.8 Å². The van der Waals surface area contributed by atoms with E-state index in [9.17, 15) is 14.0 Å². The van der Waals surface area contributed by atoms with Crippen molar-refractivity contribution in [3.8, 4) is 0 Å². The predicted octanol–water partition coefficient (Wildman–Crippen LogP) is 3.46. The average molecular weight is 455 g/mol. The highest BCUT2D eigenvalue weighted by Gasteiger charge is 2.25. The average Bonchev–Trinajstić information content (AvgIpc) is 3.34. The van der Waals surface area contributed by atoms with Gasteiger partial charge < -0.3 is 14.6 Å². The number of amides is 2. The fourth-order valence-corrected chi connectivity index (χ4v) is 4.29. The first kappa shape index (κ1) is 23.2. The number of hydrogen-bond donors (Lipinski definition) is 1. The van der Waals surface area contributed by atoms with E-state index in [-0.39, 0.29) is 24.2 Å². The van der Waals surface area contributed by atoms with E-state index in [0.29, 0.717) is 31.9 Å². The van der Waals surface area contributed by atoms with Crippen LogP contribution in [0.3, 0.4) is 0 Å². The molecule has 7 nitrogen and oxygen atoms in total. The van der Waals surface area contributed by atoms with Gasteiger partial charge in [0.15, 0.2) is 0 Å². The Hall–Kier alpha value is -2.97. The largest absolute Gasteiger partial charge is 0.467 e. The van der Waals surface area contributed by atoms with Crippen molar-refractivity contribution in [3.63, 3.8) is 0 Å². The minimum atomic E-state index is -0.332. The van der Waals surface area contributed by atoms with E-state index in [0.717, 1.165) is 43.8 Å². The zero-order valence-electron chi connectivity index (χ0n) is 18.8. The van der Waals surface area contributed by atoms with Crippen LogP contribution in [0.1, 0.15) is 31.4 Å². The number of nitrogens with zero attached hydrogens (tertiary/aromatic N) is 3. The maximum absolute atomic E-state index is 13.2. The molecule has 1 aliphatic carbocycles. The molecule has 2 aromatic rings. The number of allylic oxidation sites excluding steroid dienone is 2. The number of rotatable bonds is 8. The topological polar surface area (TPSA) is 69.0 Å². The van der Waals surface area contributed by atoms with Crippen molar-refractivity contribution >= 4 is 17.5 Å². The lowest BCUT2D eigenvalue weighted by molar-refractivity contribution is -0.132. The van der Waals surface area contributed by atoms with E-state index in [4.69, 9.17) is 4.42 Å². The van der Waals surface area contributed by atoms with Crippen LogP contribution in [0.25, 0.3) is 0 Å². The molecule has 1 saturated heterocycles. The van der Waals surface area contributed by atoms with Crippen molar-refractivity contribution in [3.05, 3.63) is 66.0 Å². The number of piperazine rings is 1. The molecular formula is C25H31FN4O3. The summed E-state index contributed by atoms with van der Waals surface area (Å²) in [5, 5.41) is 2.80. The lowest BCUT2D eigenvalue weighted by Gasteiger charge is -2.35. The summed E-state index contributed by atoms with van der Waals surface area (Å²) in [6.07, 6.45) is 8.02. The van der Waals surface area contributed by atoms with Gasteiger partial charge in [-0.05, 0) is 62.1 Å². The number of anilines is 1. The number of nitrogens with one attached hydrogen (secondary N) is 1. The van der Waals surface area contributed by atoms with Crippen LogP contribution in [0, 0.1) is 5.82 Å². The summed E-state index contributed by atoms with van der Waals surface area (Å²) in [7, 11) is 0. The van der Waals surface area contributed by atoms with Crippen LogP contribution in [-0.2, 0) is 16.1 Å². The van der Waals surface area contributed by atoms with Gasteiger partial charge in [-0.15, -0.1) is 0 Å². The van der Waals surface area contributed by atoms with Gasteiger partial charge in [0.2, 0.25) is 11.8 Å². The molecule has 8 heteroatoms. The van der Waals surface area contributed by atoms with Crippen molar-refractivity contribution in [1.82, 2.24) is 14.7 Å². The van der Waals surface area contributed by atoms with E-state index in [1.54, 1.807) is 18.4 Å². The number of carbonyl (C=O) groups is 2. The van der Waals surface area contributed by atoms with Crippen LogP contribution < -0.4 is 5.32 Å². The third-order valence-electron chi connectivity index (χ3n) is 6.13. The van der Waals surface area contributed by atoms with Crippen molar-refractivity contribution in [2.75, 3.05) is 44.6 Å². The maximum Gasteiger partial charge on any atom is 0.241 e. The van der Waals surface area contributed by atoms with Crippen LogP contribution in [0.15, 0.2) is 58.9 Å². The molecule has 0 unspecified atom stereocenters. The first-order valence-electron chi connectivity index (χ1n) is 11.6. The molecular weight excluding hydrogens is 423 g/mol. The normalized spacial score (nSPS) is 17.4. The second-order valence-electron chi connectivity index (χ2n) is 8.61. The third-order valence-corrected chi connectivity index (χ3v) is 6.13. The molecule has 0 bridgehead atoms. The second kappa shape index (κ2) is 11.2. The second-order valence-corrected chi connectivity index (χ2v) is 8.61. The Labute approximate surface area is 193 Å². The van der Waals surface area contributed by atoms with Gasteiger partial charge in [-0.3, -0.25) is 19.4 Å². The molecule has 1 aromatic carbocycles. The van der Waals surface area contributed by atoms with Gasteiger partial charge in [0.05, 0.1) is 25.9 Å². The van der Waals surface area contributed by atoms with Crippen molar-refractivity contribution in [1.29, 1.82) is 0 Å². The Balaban J connectivity index is 1.26. The number of benzene rings is 1. The lowest BCUT2D eigenvalue weighted by Crippen LogP contribution is -2.51. The maximum atomic E-state index is 13.2. The standard InChI is InChI=1S/C25H31FN4O3/c26-20-8-10-21(11-9-20)27-24(31)18-28-12-14-29(15-13-28)19-25(32)30(17-23-7-4-16-33-23)22-5-2-1-3-6-22/h4-5,7-11,16H,1-3,6,12-15,17-19H2,(H,27,31). The van der Waals surface area contributed by atoms with Crippen LogP contribution in [0.5, 0.6) is 0 Å². The van der Waals surface area contributed by atoms with Crippen LogP contribution >= 0.6 is 0 Å². The fraction of sp³-hybridized carbons (Fsp3) is 0.440. The summed E-state index contributed by atoms with van der Waals surface area (Å²) in [6.45, 7) is 3.97. The molecule has 1 fully saturated rings. The van der Waals surface area contributed by atoms with E-state index in [2.05, 4.69) is 21.2 Å². The smallest absolute Gasteiger partial charge is 0.241 e. The number of halogens is 1. The molecule has 4 rings (SSSR count). The number of hydrogen-bond acceptors (Lipinski definition) is 5. The van der Waals surface area contributed by atoms with Crippen LogP contribution in [0.2, 0.25) is 0 Å². The van der Waals surface area contributed by atoms with E-state index in [1.165, 1.54) is 18.6 Å². The van der Waals surface area contributed by atoms with E-state index in [1.807, 2.05) is 17.0 Å². The summed E-state index contributed by atoms with van der Waals surface area (Å²) < 4.78 is 18.5. The molecule has 2 aliphatic rings. The first-order valence-corrected chi connectivity index (χ1v) is 11.6. The minimum Gasteiger partial charge on any atom is -0.467 e. The third kappa shape index (κ3) is 6.76. The Bertz CT molecular complexity index is 951. The van der Waals surface area contributed by atoms with Gasteiger partial charge in [0, 0.05) is 37.6 Å². The predicted molar refractivity (Wildman–Crippen MR) is 124 cm³/mol. The summed E-state index contributed by atoms with van der Waals surface area (Å²) in [4.78, 5) is 31.6. The molecule has 1 aliphatic heterocycles. The molecule has 0 saturated carbocycles. The molecule has 0 radical (unpaired) electrons. The lowest BCUT2D eigenvalue weighted by atomic mass is 10.0. The summed E-state index contributed by atoms with van der Waals surface area (Å²) in [6, 6.07) is 9.49. The van der Waals surface area contributed by atoms with Crippen LogP contribution in [0.4, 0.5) is 10.1 Å². The molecule has 0 atom stereocenters. The minimum absolute atomic E-state index is 0.0852. The summed E-state index contributed by atoms with van der Waals surface area (Å²) >= 11 is 0. The van der Waals surface area contributed by atoms with Gasteiger partial charge in [-0.2, -0.15) is 0 Å². The fourth-order valence-electron chi connectivity index (χ4n) is 4.29. The number of furan rings is 1. The van der Waals surface area contributed by atoms with Crippen molar-refractivity contribution in [2.45, 2.75) is 32.2 Å². The highest BCUT2D eigenvalue weighted by Crippen LogP contribution is 2.23. The highest BCUT2D eigenvalue weighted by atomic mass is 19.1. The van der Waals surface area contributed by atoms with Gasteiger partial charge in [-0.25, -0.2) is 4.39 Å². The Kier molecular flexibility index (Phi) is 7.91. The van der Waals surface area contributed by atoms with E-state index < -0.39 is 0 Å². The molecule has 1 aromatic heterocycles. The van der Waals surface area contributed by atoms with Gasteiger partial charge >= 0.3 is 0 Å². The molecule has 1 N–H and O–H groups in total. The molecule has 33 heavy (non-hydrogen) atoms. The van der Waals surface area contributed by atoms with Gasteiger partial charge in [0.1, 0.15) is 11.6 Å². The van der Waals surface area contributed by atoms with Gasteiger partial charge in [-0.1, -0.05) is 6.08 Å². The molecule has 176 valence electrons. The summed E-state index contributed by atoms with van der Waals surface area (Å²) in [5.41, 5.74) is 1.68. The highest BCUT2D eigenvalue weighted by molar-refractivity contribution is 5.92.